The molecule has 1 aromatic carbocycles. The summed E-state index contributed by atoms with van der Waals surface area (Å²) in [5, 5.41) is 0. The number of benzene rings is 1. The van der Waals surface area contributed by atoms with Gasteiger partial charge < -0.3 is 11.5 Å². The van der Waals surface area contributed by atoms with E-state index in [1.807, 2.05) is 0 Å². The molecule has 1 aromatic rings. The molecule has 0 saturated heterocycles. The minimum Gasteiger partial charge on any atom is -0.370 e. The first kappa shape index (κ1) is 26.0. The Morgan fingerprint density at radius 3 is 1.71 bits per heavy atom. The van der Waals surface area contributed by atoms with E-state index < -0.39 is 63.0 Å². The Labute approximate surface area is 157 Å². The standard InChI is InChI=1S/C10H12F5N3O3S2.CH4O3S/c1-5-3-8(23(11,12,13,14)15)7(22(2,20)21)4-6(5)9(19)18-10(16)17;1-5(2,3)4/h3-4H,1-2H3,(H4,16,17,18,19);1H3,(H,2,3,4). The van der Waals surface area contributed by atoms with Crippen molar-refractivity contribution in [2.45, 2.75) is 16.7 Å². The van der Waals surface area contributed by atoms with E-state index in [-0.39, 0.29) is 12.1 Å². The zero-order valence-electron chi connectivity index (χ0n) is 14.4. The van der Waals surface area contributed by atoms with Crippen molar-refractivity contribution in [1.29, 1.82) is 0 Å². The van der Waals surface area contributed by atoms with E-state index >= 15 is 0 Å². The van der Waals surface area contributed by atoms with Crippen molar-refractivity contribution in [3.8, 4) is 0 Å². The van der Waals surface area contributed by atoms with Crippen LogP contribution < -0.4 is 11.5 Å². The quantitative estimate of drug-likeness (QED) is 0.257. The first-order valence-electron chi connectivity index (χ1n) is 6.48. The van der Waals surface area contributed by atoms with Crippen LogP contribution in [0, 0.1) is 6.92 Å². The first-order valence-corrected chi connectivity index (χ1v) is 12.2. The Kier molecular flexibility index (Phi) is 6.33. The van der Waals surface area contributed by atoms with Crippen LogP contribution in [0.4, 0.5) is 19.4 Å². The van der Waals surface area contributed by atoms with Crippen LogP contribution in [0.5, 0.6) is 0 Å². The molecule has 0 aliphatic heterocycles. The van der Waals surface area contributed by atoms with Gasteiger partial charge in [-0.3, -0.25) is 9.35 Å². The van der Waals surface area contributed by atoms with Gasteiger partial charge in [-0.15, -0.1) is 0 Å². The molecule has 0 spiro atoms. The lowest BCUT2D eigenvalue weighted by Gasteiger charge is -2.41. The van der Waals surface area contributed by atoms with Gasteiger partial charge in [-0.25, -0.2) is 8.42 Å². The molecular formula is C11H16F5N3O6S3. The van der Waals surface area contributed by atoms with Crippen molar-refractivity contribution in [2.75, 3.05) is 12.5 Å². The van der Waals surface area contributed by atoms with Crippen LogP contribution >= 0.6 is 10.2 Å². The lowest BCUT2D eigenvalue weighted by Crippen LogP contribution is -2.24. The highest BCUT2D eigenvalue weighted by molar-refractivity contribution is 8.45. The number of nitrogens with two attached hydrogens (primary N) is 2. The molecule has 0 aliphatic rings. The van der Waals surface area contributed by atoms with Crippen LogP contribution in [0.15, 0.2) is 26.9 Å². The van der Waals surface area contributed by atoms with E-state index in [4.69, 9.17) is 16.0 Å². The van der Waals surface area contributed by atoms with Crippen LogP contribution in [0.3, 0.4) is 0 Å². The topological polar surface area (TPSA) is 170 Å². The predicted octanol–water partition coefficient (Wildman–Crippen LogP) is 1.97. The molecule has 9 nitrogen and oxygen atoms in total. The molecule has 5 N–H and O–H groups in total. The maximum Gasteiger partial charge on any atom is 0.311 e. The summed E-state index contributed by atoms with van der Waals surface area (Å²) in [5.74, 6) is -1.99. The van der Waals surface area contributed by atoms with Crippen LogP contribution in [0.1, 0.15) is 15.9 Å². The molecule has 164 valence electrons. The Bertz CT molecular complexity index is 1040. The van der Waals surface area contributed by atoms with E-state index in [9.17, 15) is 41.1 Å². The molecule has 0 unspecified atom stereocenters. The van der Waals surface area contributed by atoms with Gasteiger partial charge >= 0.3 is 10.2 Å². The number of aryl methyl sites for hydroxylation is 1. The third kappa shape index (κ3) is 8.81. The molecule has 0 aromatic heterocycles. The number of carbonyl (C=O) groups is 1. The molecular weight excluding hydrogens is 461 g/mol. The molecule has 0 atom stereocenters. The van der Waals surface area contributed by atoms with Gasteiger partial charge in [0.2, 0.25) is 0 Å². The fourth-order valence-corrected chi connectivity index (χ4v) is 4.18. The summed E-state index contributed by atoms with van der Waals surface area (Å²) in [6.07, 6.45) is 1.02. The lowest BCUT2D eigenvalue weighted by atomic mass is 10.1. The summed E-state index contributed by atoms with van der Waals surface area (Å²) in [4.78, 5) is 10.4. The fourth-order valence-electron chi connectivity index (χ4n) is 1.66. The number of carbonyl (C=O) groups excluding carboxylic acids is 1. The van der Waals surface area contributed by atoms with Crippen LogP contribution in [0.25, 0.3) is 0 Å². The summed E-state index contributed by atoms with van der Waals surface area (Å²) in [7, 11) is -18.7. The fraction of sp³-hybridized carbons (Fsp3) is 0.273. The zero-order valence-corrected chi connectivity index (χ0v) is 16.8. The van der Waals surface area contributed by atoms with Crippen LogP contribution in [0.2, 0.25) is 0 Å². The third-order valence-corrected chi connectivity index (χ3v) is 5.00. The highest BCUT2D eigenvalue weighted by atomic mass is 32.5. The maximum atomic E-state index is 13.0. The molecule has 0 radical (unpaired) electrons. The number of nitrogens with zero attached hydrogens (tertiary/aromatic N) is 1. The highest BCUT2D eigenvalue weighted by Gasteiger charge is 2.67. The number of sulfone groups is 1. The van der Waals surface area contributed by atoms with Gasteiger partial charge in [-0.05, 0) is 24.6 Å². The van der Waals surface area contributed by atoms with Crippen molar-refractivity contribution in [1.82, 2.24) is 0 Å². The largest absolute Gasteiger partial charge is 0.370 e. The molecule has 1 rings (SSSR count). The molecule has 17 heteroatoms. The van der Waals surface area contributed by atoms with Crippen molar-refractivity contribution < 1.29 is 45.6 Å². The summed E-state index contributed by atoms with van der Waals surface area (Å²) in [5.41, 5.74) is 8.67. The molecule has 0 fully saturated rings. The SMILES string of the molecule is CS(=O)(=O)O.Cc1cc(S(F)(F)(F)(F)F)c(S(C)(=O)=O)cc1C(=O)N=C(N)N. The van der Waals surface area contributed by atoms with Crippen molar-refractivity contribution in [3.63, 3.8) is 0 Å². The summed E-state index contributed by atoms with van der Waals surface area (Å²) in [6.45, 7) is 0.911. The highest BCUT2D eigenvalue weighted by Crippen LogP contribution is 3.02. The molecule has 28 heavy (non-hydrogen) atoms. The second kappa shape index (κ2) is 6.82. The number of guanidine groups is 1. The molecule has 0 bridgehead atoms. The van der Waals surface area contributed by atoms with E-state index in [1.54, 1.807) is 0 Å². The smallest absolute Gasteiger partial charge is 0.311 e. The number of rotatable bonds is 3. The number of aliphatic imine (C=N–C) groups is 1. The molecule has 0 heterocycles. The van der Waals surface area contributed by atoms with Gasteiger partial charge in [0.15, 0.2) is 15.8 Å². The van der Waals surface area contributed by atoms with Crippen molar-refractivity contribution in [3.05, 3.63) is 23.3 Å². The Hall–Kier alpha value is -1.98. The van der Waals surface area contributed by atoms with E-state index in [2.05, 4.69) is 4.99 Å². The monoisotopic (exact) mass is 477 g/mol. The Morgan fingerprint density at radius 1 is 1.04 bits per heavy atom. The van der Waals surface area contributed by atoms with Gasteiger partial charge in [0.05, 0.1) is 11.2 Å². The zero-order chi connectivity index (χ0) is 23.0. The van der Waals surface area contributed by atoms with E-state index in [0.717, 1.165) is 6.92 Å². The summed E-state index contributed by atoms with van der Waals surface area (Å²) >= 11 is 0. The second-order valence-corrected chi connectivity index (χ2v) is 11.3. The van der Waals surface area contributed by atoms with Gasteiger partial charge in [-0.1, -0.05) is 19.4 Å². The lowest BCUT2D eigenvalue weighted by molar-refractivity contribution is 0.100. The van der Waals surface area contributed by atoms with Crippen molar-refractivity contribution in [2.24, 2.45) is 16.5 Å². The molecule has 0 aliphatic carbocycles. The van der Waals surface area contributed by atoms with E-state index in [0.29, 0.717) is 12.5 Å². The first-order chi connectivity index (χ1) is 11.8. The number of hydrogen-bond acceptors (Lipinski definition) is 5. The minimum atomic E-state index is -10.3. The summed E-state index contributed by atoms with van der Waals surface area (Å²) < 4.78 is 114. The summed E-state index contributed by atoms with van der Waals surface area (Å²) in [6, 6.07) is 0.0834. The number of amides is 1. The maximum absolute atomic E-state index is 13.0. The number of halogens is 5. The number of hydrogen-bond donors (Lipinski definition) is 3. The van der Waals surface area contributed by atoms with Gasteiger partial charge in [0, 0.05) is 11.8 Å². The Morgan fingerprint density at radius 2 is 1.43 bits per heavy atom. The second-order valence-electron chi connectivity index (χ2n) is 5.43. The van der Waals surface area contributed by atoms with Gasteiger partial charge in [-0.2, -0.15) is 13.4 Å². The van der Waals surface area contributed by atoms with Crippen LogP contribution in [-0.4, -0.2) is 45.8 Å². The normalized spacial score (nSPS) is 14.8. The van der Waals surface area contributed by atoms with E-state index in [1.165, 1.54) is 0 Å². The molecule has 0 saturated carbocycles. The predicted molar refractivity (Wildman–Crippen MR) is 93.3 cm³/mol. The van der Waals surface area contributed by atoms with Gasteiger partial charge in [0.1, 0.15) is 4.90 Å². The van der Waals surface area contributed by atoms with Gasteiger partial charge in [0.25, 0.3) is 16.0 Å². The third-order valence-electron chi connectivity index (χ3n) is 2.57. The average Bonchev–Trinajstić information content (AvgIpc) is 2.30. The Balaban J connectivity index is 0.00000129. The minimum absolute atomic E-state index is 0.104. The van der Waals surface area contributed by atoms with Crippen molar-refractivity contribution >= 4 is 42.0 Å². The van der Waals surface area contributed by atoms with Crippen LogP contribution in [-0.2, 0) is 20.0 Å². The molecule has 1 amide bonds. The average molecular weight is 477 g/mol.